The quantitative estimate of drug-likeness (QED) is 0.857. The highest BCUT2D eigenvalue weighted by Crippen LogP contribution is 2.23. The molecule has 1 atom stereocenters. The van der Waals surface area contributed by atoms with Gasteiger partial charge in [-0.25, -0.2) is 0 Å². The van der Waals surface area contributed by atoms with Crippen LogP contribution in [-0.2, 0) is 0 Å². The van der Waals surface area contributed by atoms with Gasteiger partial charge in [0.2, 0.25) is 0 Å². The van der Waals surface area contributed by atoms with E-state index in [9.17, 15) is 14.7 Å². The van der Waals surface area contributed by atoms with Crippen LogP contribution >= 0.6 is 0 Å². The number of nitrogens with zero attached hydrogens (tertiary/aromatic N) is 2. The van der Waals surface area contributed by atoms with Gasteiger partial charge in [0.15, 0.2) is 0 Å². The van der Waals surface area contributed by atoms with Gasteiger partial charge in [-0.05, 0) is 62.7 Å². The number of carbonyl (C=O) groups excluding carboxylic acids is 1. The summed E-state index contributed by atoms with van der Waals surface area (Å²) in [5, 5.41) is 9.30. The second-order valence-electron chi connectivity index (χ2n) is 8.02. The number of carbonyl (C=O) groups is 1. The number of rotatable bonds is 4. The van der Waals surface area contributed by atoms with Crippen molar-refractivity contribution in [1.29, 1.82) is 0 Å². The Kier molecular flexibility index (Phi) is 6.14. The molecule has 26 heavy (non-hydrogen) atoms. The lowest BCUT2D eigenvalue weighted by atomic mass is 9.94. The van der Waals surface area contributed by atoms with E-state index in [4.69, 9.17) is 0 Å². The number of piperidine rings is 2. The molecule has 3 heterocycles. The molecular weight excluding hydrogens is 330 g/mol. The molecular formula is C20H31N3O3. The van der Waals surface area contributed by atoms with Gasteiger partial charge in [-0.1, -0.05) is 13.8 Å². The molecule has 0 radical (unpaired) electrons. The first-order valence-electron chi connectivity index (χ1n) is 9.87. The maximum Gasteiger partial charge on any atom is 0.261 e. The van der Waals surface area contributed by atoms with Gasteiger partial charge >= 0.3 is 0 Å². The molecule has 0 unspecified atom stereocenters. The van der Waals surface area contributed by atoms with E-state index in [2.05, 4.69) is 9.88 Å². The van der Waals surface area contributed by atoms with Gasteiger partial charge in [-0.3, -0.25) is 14.5 Å². The van der Waals surface area contributed by atoms with Gasteiger partial charge in [-0.2, -0.15) is 0 Å². The van der Waals surface area contributed by atoms with Crippen molar-refractivity contribution in [3.63, 3.8) is 0 Å². The second-order valence-corrected chi connectivity index (χ2v) is 8.02. The first-order valence-corrected chi connectivity index (χ1v) is 9.87. The fraction of sp³-hybridized carbons (Fsp3) is 0.700. The lowest BCUT2D eigenvalue weighted by Crippen LogP contribution is -2.52. The average Bonchev–Trinajstić information content (AvgIpc) is 2.67. The van der Waals surface area contributed by atoms with Crippen molar-refractivity contribution < 1.29 is 9.90 Å². The van der Waals surface area contributed by atoms with Crippen molar-refractivity contribution in [3.05, 3.63) is 33.7 Å². The fourth-order valence-electron chi connectivity index (χ4n) is 4.10. The highest BCUT2D eigenvalue weighted by Gasteiger charge is 2.31. The molecule has 0 spiro atoms. The highest BCUT2D eigenvalue weighted by atomic mass is 16.3. The third-order valence-corrected chi connectivity index (χ3v) is 5.89. The van der Waals surface area contributed by atoms with Crippen molar-refractivity contribution in [1.82, 2.24) is 14.8 Å². The number of hydrogen-bond donors (Lipinski definition) is 2. The molecule has 0 saturated carbocycles. The van der Waals surface area contributed by atoms with Crippen LogP contribution in [0.4, 0.5) is 0 Å². The lowest BCUT2D eigenvalue weighted by Gasteiger charge is -2.42. The Hall–Kier alpha value is -1.66. The molecule has 2 fully saturated rings. The average molecular weight is 361 g/mol. The number of H-pyrrole nitrogens is 1. The molecule has 6 heteroatoms. The molecule has 3 rings (SSSR count). The minimum atomic E-state index is -0.285. The minimum Gasteiger partial charge on any atom is -0.396 e. The maximum atomic E-state index is 12.9. The van der Waals surface area contributed by atoms with Crippen molar-refractivity contribution >= 4 is 5.91 Å². The molecule has 0 aromatic carbocycles. The second kappa shape index (κ2) is 8.35. The van der Waals surface area contributed by atoms with Gasteiger partial charge in [-0.15, -0.1) is 0 Å². The maximum absolute atomic E-state index is 12.9. The summed E-state index contributed by atoms with van der Waals surface area (Å²) in [5.41, 5.74) is 0.816. The van der Waals surface area contributed by atoms with Crippen molar-refractivity contribution in [3.8, 4) is 0 Å². The highest BCUT2D eigenvalue weighted by molar-refractivity contribution is 5.93. The predicted molar refractivity (Wildman–Crippen MR) is 101 cm³/mol. The van der Waals surface area contributed by atoms with Crippen LogP contribution in [0.15, 0.2) is 16.9 Å². The largest absolute Gasteiger partial charge is 0.396 e. The molecule has 2 aliphatic heterocycles. The van der Waals surface area contributed by atoms with E-state index in [1.165, 1.54) is 0 Å². The SMILES string of the molecule is CC(C)c1ccc(C(=O)N2CCC[C@@H](N3CCC(CO)CC3)C2)c(=O)[nH]1. The van der Waals surface area contributed by atoms with Crippen LogP contribution in [0.3, 0.4) is 0 Å². The topological polar surface area (TPSA) is 76.6 Å². The summed E-state index contributed by atoms with van der Waals surface area (Å²) in [4.78, 5) is 32.4. The van der Waals surface area contributed by atoms with Gasteiger partial charge in [0.25, 0.3) is 11.5 Å². The lowest BCUT2D eigenvalue weighted by molar-refractivity contribution is 0.0444. The van der Waals surface area contributed by atoms with Gasteiger partial charge in [0.1, 0.15) is 5.56 Å². The summed E-state index contributed by atoms with van der Waals surface area (Å²) in [6.45, 7) is 7.69. The Balaban J connectivity index is 1.66. The summed E-state index contributed by atoms with van der Waals surface area (Å²) in [7, 11) is 0. The molecule has 1 amide bonds. The van der Waals surface area contributed by atoms with Crippen molar-refractivity contribution in [2.75, 3.05) is 32.8 Å². The van der Waals surface area contributed by atoms with Crippen LogP contribution in [-0.4, -0.2) is 64.6 Å². The van der Waals surface area contributed by atoms with E-state index < -0.39 is 0 Å². The Bertz CT molecular complexity index is 677. The van der Waals surface area contributed by atoms with E-state index in [0.717, 1.165) is 44.5 Å². The number of aromatic nitrogens is 1. The Morgan fingerprint density at radius 2 is 1.96 bits per heavy atom. The van der Waals surface area contributed by atoms with E-state index >= 15 is 0 Å². The van der Waals surface area contributed by atoms with Crippen molar-refractivity contribution in [2.45, 2.75) is 51.5 Å². The van der Waals surface area contributed by atoms with Gasteiger partial charge < -0.3 is 15.0 Å². The molecule has 2 N–H and O–H groups in total. The summed E-state index contributed by atoms with van der Waals surface area (Å²) in [6, 6.07) is 3.88. The van der Waals surface area contributed by atoms with E-state index in [1.807, 2.05) is 24.8 Å². The van der Waals surface area contributed by atoms with Crippen LogP contribution < -0.4 is 5.56 Å². The Morgan fingerprint density at radius 3 is 2.58 bits per heavy atom. The number of nitrogens with one attached hydrogen (secondary N) is 1. The van der Waals surface area contributed by atoms with E-state index in [0.29, 0.717) is 25.0 Å². The molecule has 1 aromatic rings. The number of amides is 1. The standard InChI is InChI=1S/C20H31N3O3/c1-14(2)18-6-5-17(19(25)21-18)20(26)23-9-3-4-16(12-23)22-10-7-15(13-24)8-11-22/h5-6,14-16,24H,3-4,7-13H2,1-2H3,(H,21,25)/t16-/m1/s1. The third-order valence-electron chi connectivity index (χ3n) is 5.89. The smallest absolute Gasteiger partial charge is 0.261 e. The zero-order chi connectivity index (χ0) is 18.7. The predicted octanol–water partition coefficient (Wildman–Crippen LogP) is 1.81. The Labute approximate surface area is 155 Å². The molecule has 6 nitrogen and oxygen atoms in total. The Morgan fingerprint density at radius 1 is 1.23 bits per heavy atom. The van der Waals surface area contributed by atoms with Gasteiger partial charge in [0.05, 0.1) is 0 Å². The number of aliphatic hydroxyl groups is 1. The van der Waals surface area contributed by atoms with Crippen LogP contribution in [0.25, 0.3) is 0 Å². The zero-order valence-electron chi connectivity index (χ0n) is 15.9. The molecule has 144 valence electrons. The van der Waals surface area contributed by atoms with Crippen LogP contribution in [0.1, 0.15) is 61.5 Å². The van der Waals surface area contributed by atoms with Gasteiger partial charge in [0, 0.05) is 31.4 Å². The van der Waals surface area contributed by atoms with Crippen LogP contribution in [0.2, 0.25) is 0 Å². The molecule has 1 aromatic heterocycles. The third kappa shape index (κ3) is 4.18. The summed E-state index contributed by atoms with van der Waals surface area (Å²) >= 11 is 0. The number of pyridine rings is 1. The van der Waals surface area contributed by atoms with E-state index in [1.54, 1.807) is 6.07 Å². The zero-order valence-corrected chi connectivity index (χ0v) is 15.9. The summed E-state index contributed by atoms with van der Waals surface area (Å²) < 4.78 is 0. The molecule has 0 bridgehead atoms. The normalized spacial score (nSPS) is 22.8. The number of hydrogen-bond acceptors (Lipinski definition) is 4. The van der Waals surface area contributed by atoms with Crippen LogP contribution in [0, 0.1) is 5.92 Å². The number of likely N-dealkylation sites (tertiary alicyclic amines) is 2. The number of aliphatic hydroxyl groups excluding tert-OH is 1. The van der Waals surface area contributed by atoms with Crippen molar-refractivity contribution in [2.24, 2.45) is 5.92 Å². The van der Waals surface area contributed by atoms with Crippen LogP contribution in [0.5, 0.6) is 0 Å². The first-order chi connectivity index (χ1) is 12.5. The summed E-state index contributed by atoms with van der Waals surface area (Å²) in [5.74, 6) is 0.496. The fourth-order valence-corrected chi connectivity index (χ4v) is 4.10. The minimum absolute atomic E-state index is 0.156. The first kappa shape index (κ1) is 19.1. The molecule has 2 aliphatic rings. The summed E-state index contributed by atoms with van der Waals surface area (Å²) in [6.07, 6.45) is 4.11. The van der Waals surface area contributed by atoms with E-state index in [-0.39, 0.29) is 29.6 Å². The monoisotopic (exact) mass is 361 g/mol. The molecule has 0 aliphatic carbocycles. The number of aromatic amines is 1. The molecule has 2 saturated heterocycles.